The molecule has 0 amide bonds. The Labute approximate surface area is 83.8 Å². The van der Waals surface area contributed by atoms with Crippen LogP contribution < -0.4 is 5.32 Å². The van der Waals surface area contributed by atoms with E-state index in [0.717, 1.165) is 5.70 Å². The number of rotatable bonds is 3. The summed E-state index contributed by atoms with van der Waals surface area (Å²) in [6.45, 7) is 9.52. The van der Waals surface area contributed by atoms with Crippen molar-refractivity contribution in [2.75, 3.05) is 7.05 Å². The van der Waals surface area contributed by atoms with E-state index in [4.69, 9.17) is 0 Å². The van der Waals surface area contributed by atoms with E-state index in [1.165, 1.54) is 0 Å². The van der Waals surface area contributed by atoms with Gasteiger partial charge in [-0.3, -0.25) is 0 Å². The Bertz CT molecular complexity index is 119. The fourth-order valence-corrected chi connectivity index (χ4v) is 0.883. The molecular weight excluding hydrogens is 251 g/mol. The SMILES string of the molecule is C=CN/C(C)=C\N(C)I.CC. The van der Waals surface area contributed by atoms with Crippen molar-refractivity contribution >= 4 is 22.9 Å². The molecule has 0 aromatic carbocycles. The quantitative estimate of drug-likeness (QED) is 0.625. The lowest BCUT2D eigenvalue weighted by Crippen LogP contribution is -2.03. The zero-order valence-electron chi connectivity index (χ0n) is 7.69. The zero-order chi connectivity index (χ0) is 9.28. The smallest absolute Gasteiger partial charge is 0.0583 e. The standard InChI is InChI=1S/C6H11IN2.C2H6/c1-4-8-6(2)5-9(3)7;1-2/h4-5,8H,1H2,2-3H3;1-2H3/b6-5-;. The van der Waals surface area contributed by atoms with Gasteiger partial charge in [0.1, 0.15) is 0 Å². The minimum atomic E-state index is 1.09. The number of hydrogen-bond donors (Lipinski definition) is 1. The molecule has 0 atom stereocenters. The van der Waals surface area contributed by atoms with Crippen molar-refractivity contribution in [3.8, 4) is 0 Å². The highest BCUT2D eigenvalue weighted by Gasteiger charge is 1.83. The number of nitrogens with zero attached hydrogens (tertiary/aromatic N) is 1. The highest BCUT2D eigenvalue weighted by molar-refractivity contribution is 14.1. The Morgan fingerprint density at radius 2 is 2.00 bits per heavy atom. The molecule has 0 heterocycles. The summed E-state index contributed by atoms with van der Waals surface area (Å²) in [5.41, 5.74) is 1.09. The summed E-state index contributed by atoms with van der Waals surface area (Å²) in [5.74, 6) is 0. The predicted molar refractivity (Wildman–Crippen MR) is 60.2 cm³/mol. The van der Waals surface area contributed by atoms with Crippen molar-refractivity contribution in [3.63, 3.8) is 0 Å². The minimum Gasteiger partial charge on any atom is -0.365 e. The van der Waals surface area contributed by atoms with Gasteiger partial charge in [-0.1, -0.05) is 20.4 Å². The van der Waals surface area contributed by atoms with Crippen molar-refractivity contribution in [3.05, 3.63) is 24.7 Å². The van der Waals surface area contributed by atoms with Crippen LogP contribution in [0, 0.1) is 0 Å². The van der Waals surface area contributed by atoms with E-state index in [-0.39, 0.29) is 0 Å². The average Bonchev–Trinajstić information content (AvgIpc) is 1.91. The molecule has 0 rings (SSSR count). The Kier molecular flexibility index (Phi) is 12.0. The van der Waals surface area contributed by atoms with E-state index in [2.05, 4.69) is 34.8 Å². The van der Waals surface area contributed by atoms with Gasteiger partial charge in [0.2, 0.25) is 0 Å². The van der Waals surface area contributed by atoms with Crippen LogP contribution in [0.3, 0.4) is 0 Å². The Morgan fingerprint density at radius 3 is 2.27 bits per heavy atom. The maximum absolute atomic E-state index is 3.54. The molecule has 3 heteroatoms. The van der Waals surface area contributed by atoms with Gasteiger partial charge in [0, 0.05) is 18.9 Å². The van der Waals surface area contributed by atoms with E-state index in [1.54, 1.807) is 6.20 Å². The van der Waals surface area contributed by atoms with Gasteiger partial charge in [-0.05, 0) is 13.1 Å². The van der Waals surface area contributed by atoms with E-state index in [1.807, 2.05) is 37.1 Å². The van der Waals surface area contributed by atoms with Crippen molar-refractivity contribution < 1.29 is 0 Å². The second kappa shape index (κ2) is 9.81. The number of halogens is 1. The molecular formula is C8H17IN2. The zero-order valence-corrected chi connectivity index (χ0v) is 9.84. The molecule has 0 aliphatic carbocycles. The molecule has 66 valence electrons. The lowest BCUT2D eigenvalue weighted by atomic mass is 10.5. The van der Waals surface area contributed by atoms with E-state index in [9.17, 15) is 0 Å². The maximum atomic E-state index is 3.54. The number of allylic oxidation sites excluding steroid dienone is 1. The van der Waals surface area contributed by atoms with Crippen molar-refractivity contribution in [1.82, 2.24) is 8.43 Å². The van der Waals surface area contributed by atoms with E-state index < -0.39 is 0 Å². The summed E-state index contributed by atoms with van der Waals surface area (Å²) in [6, 6.07) is 0. The molecule has 0 unspecified atom stereocenters. The first kappa shape index (κ1) is 13.4. The van der Waals surface area contributed by atoms with Crippen LogP contribution in [0.5, 0.6) is 0 Å². The Balaban J connectivity index is 0. The lowest BCUT2D eigenvalue weighted by molar-refractivity contribution is 0.806. The van der Waals surface area contributed by atoms with Gasteiger partial charge in [0.25, 0.3) is 0 Å². The molecule has 0 saturated heterocycles. The van der Waals surface area contributed by atoms with Gasteiger partial charge in [0.15, 0.2) is 0 Å². The van der Waals surface area contributed by atoms with Crippen LogP contribution in [0.1, 0.15) is 20.8 Å². The first-order valence-corrected chi connectivity index (χ1v) is 4.57. The van der Waals surface area contributed by atoms with E-state index >= 15 is 0 Å². The third-order valence-corrected chi connectivity index (χ3v) is 0.980. The Hall–Kier alpha value is -0.190. The molecule has 0 aliphatic heterocycles. The second-order valence-corrected chi connectivity index (χ2v) is 3.21. The monoisotopic (exact) mass is 268 g/mol. The van der Waals surface area contributed by atoms with Crippen molar-refractivity contribution in [1.29, 1.82) is 0 Å². The molecule has 0 bridgehead atoms. The third kappa shape index (κ3) is 12.9. The van der Waals surface area contributed by atoms with E-state index in [0.29, 0.717) is 0 Å². The molecule has 1 N–H and O–H groups in total. The first-order valence-electron chi connectivity index (χ1n) is 3.61. The maximum Gasteiger partial charge on any atom is 0.0583 e. The molecule has 0 aliphatic rings. The van der Waals surface area contributed by atoms with Crippen LogP contribution in [0.15, 0.2) is 24.7 Å². The molecule has 0 aromatic heterocycles. The van der Waals surface area contributed by atoms with Crippen LogP contribution in [0.2, 0.25) is 0 Å². The molecule has 0 fully saturated rings. The van der Waals surface area contributed by atoms with Gasteiger partial charge >= 0.3 is 0 Å². The van der Waals surface area contributed by atoms with Crippen LogP contribution >= 0.6 is 22.9 Å². The molecule has 11 heavy (non-hydrogen) atoms. The topological polar surface area (TPSA) is 15.3 Å². The minimum absolute atomic E-state index is 1.09. The molecule has 0 aromatic rings. The summed E-state index contributed by atoms with van der Waals surface area (Å²) >= 11 is 2.18. The predicted octanol–water partition coefficient (Wildman–Crippen LogP) is 2.89. The first-order chi connectivity index (χ1) is 5.16. The highest BCUT2D eigenvalue weighted by Crippen LogP contribution is 1.96. The third-order valence-electron chi connectivity index (χ3n) is 0.701. The molecule has 0 saturated carbocycles. The van der Waals surface area contributed by atoms with Gasteiger partial charge < -0.3 is 8.43 Å². The van der Waals surface area contributed by atoms with Crippen LogP contribution in [-0.4, -0.2) is 10.2 Å². The summed E-state index contributed by atoms with van der Waals surface area (Å²) < 4.78 is 1.95. The molecule has 0 spiro atoms. The molecule has 0 radical (unpaired) electrons. The van der Waals surface area contributed by atoms with Crippen LogP contribution in [-0.2, 0) is 0 Å². The number of hydrogen-bond acceptors (Lipinski definition) is 2. The summed E-state index contributed by atoms with van der Waals surface area (Å²) in [6.07, 6.45) is 3.63. The van der Waals surface area contributed by atoms with Gasteiger partial charge in [0.05, 0.1) is 22.9 Å². The Morgan fingerprint density at radius 1 is 1.55 bits per heavy atom. The highest BCUT2D eigenvalue weighted by atomic mass is 127. The van der Waals surface area contributed by atoms with Crippen LogP contribution in [0.25, 0.3) is 0 Å². The fourth-order valence-electron chi connectivity index (χ4n) is 0.465. The summed E-state index contributed by atoms with van der Waals surface area (Å²) in [4.78, 5) is 0. The van der Waals surface area contributed by atoms with Crippen molar-refractivity contribution in [2.24, 2.45) is 0 Å². The average molecular weight is 268 g/mol. The van der Waals surface area contributed by atoms with Gasteiger partial charge in [-0.25, -0.2) is 0 Å². The van der Waals surface area contributed by atoms with Gasteiger partial charge in [-0.2, -0.15) is 0 Å². The lowest BCUT2D eigenvalue weighted by Gasteiger charge is -2.04. The summed E-state index contributed by atoms with van der Waals surface area (Å²) in [5, 5.41) is 2.96. The largest absolute Gasteiger partial charge is 0.365 e. The summed E-state index contributed by atoms with van der Waals surface area (Å²) in [7, 11) is 1.97. The fraction of sp³-hybridized carbons (Fsp3) is 0.500. The normalized spacial score (nSPS) is 9.36. The van der Waals surface area contributed by atoms with Crippen molar-refractivity contribution in [2.45, 2.75) is 20.8 Å². The number of nitrogens with one attached hydrogen (secondary N) is 1. The second-order valence-electron chi connectivity index (χ2n) is 1.69. The van der Waals surface area contributed by atoms with Gasteiger partial charge in [-0.15, -0.1) is 0 Å². The van der Waals surface area contributed by atoms with Crippen LogP contribution in [0.4, 0.5) is 0 Å². The molecule has 2 nitrogen and oxygen atoms in total.